The summed E-state index contributed by atoms with van der Waals surface area (Å²) in [6.07, 6.45) is 0.441. The summed E-state index contributed by atoms with van der Waals surface area (Å²) in [6.45, 7) is 1.47. The van der Waals surface area contributed by atoms with Crippen LogP contribution in [0.3, 0.4) is 0 Å². The number of carbonyl (C=O) groups is 1. The van der Waals surface area contributed by atoms with E-state index in [2.05, 4.69) is 20.8 Å². The number of Topliss-reactive ketones (excluding diaryl/α,β-unsaturated/α-hetero) is 1. The molecule has 0 saturated carbocycles. The van der Waals surface area contributed by atoms with Gasteiger partial charge in [-0.2, -0.15) is 0 Å². The van der Waals surface area contributed by atoms with Crippen LogP contribution >= 0.6 is 50.5 Å². The maximum Gasteiger partial charge on any atom is 0.165 e. The van der Waals surface area contributed by atoms with Gasteiger partial charge in [-0.1, -0.05) is 39.1 Å². The predicted octanol–water partition coefficient (Wildman–Crippen LogP) is 5.52. The molecule has 1 aromatic carbocycles. The molecule has 1 heterocycles. The predicted molar refractivity (Wildman–Crippen MR) is 93.8 cm³/mol. The zero-order chi connectivity index (χ0) is 15.4. The maximum atomic E-state index is 12.2. The molecular formula is C15H14BrCl2NOS. The minimum absolute atomic E-state index is 0.0589. The molecule has 112 valence electrons. The highest BCUT2D eigenvalue weighted by molar-refractivity contribution is 9.10. The number of rotatable bonds is 6. The summed E-state index contributed by atoms with van der Waals surface area (Å²) in [6, 6.07) is 9.23. The lowest BCUT2D eigenvalue weighted by Crippen LogP contribution is -2.21. The molecule has 0 radical (unpaired) electrons. The second kappa shape index (κ2) is 7.75. The lowest BCUT2D eigenvalue weighted by Gasteiger charge is -2.15. The van der Waals surface area contributed by atoms with Crippen LogP contribution in [0, 0.1) is 0 Å². The third-order valence-electron chi connectivity index (χ3n) is 3.01. The van der Waals surface area contributed by atoms with E-state index in [9.17, 15) is 4.79 Å². The molecule has 1 aromatic heterocycles. The third kappa shape index (κ3) is 5.08. The van der Waals surface area contributed by atoms with Gasteiger partial charge in [-0.25, -0.2) is 0 Å². The number of nitrogens with zero attached hydrogens (tertiary/aromatic N) is 1. The Kier molecular flexibility index (Phi) is 6.26. The molecule has 0 fully saturated rings. The maximum absolute atomic E-state index is 12.2. The number of halogens is 3. The van der Waals surface area contributed by atoms with E-state index in [0.717, 1.165) is 15.4 Å². The summed E-state index contributed by atoms with van der Waals surface area (Å²) in [7, 11) is 1.99. The lowest BCUT2D eigenvalue weighted by atomic mass is 10.1. The van der Waals surface area contributed by atoms with Crippen LogP contribution in [-0.4, -0.2) is 24.3 Å². The normalized spacial score (nSPS) is 11.1. The molecule has 0 saturated heterocycles. The van der Waals surface area contributed by atoms with Crippen molar-refractivity contribution in [3.63, 3.8) is 0 Å². The van der Waals surface area contributed by atoms with Crippen LogP contribution in [0.25, 0.3) is 0 Å². The molecule has 2 rings (SSSR count). The molecule has 0 amide bonds. The van der Waals surface area contributed by atoms with Gasteiger partial charge in [-0.15, -0.1) is 11.3 Å². The molecule has 2 nitrogen and oxygen atoms in total. The molecule has 21 heavy (non-hydrogen) atoms. The van der Waals surface area contributed by atoms with E-state index >= 15 is 0 Å². The van der Waals surface area contributed by atoms with Gasteiger partial charge in [0.15, 0.2) is 5.78 Å². The van der Waals surface area contributed by atoms with E-state index < -0.39 is 0 Å². The minimum Gasteiger partial charge on any atom is -0.301 e. The van der Waals surface area contributed by atoms with Crippen LogP contribution in [0.15, 0.2) is 34.8 Å². The van der Waals surface area contributed by atoms with Gasteiger partial charge in [0.1, 0.15) is 0 Å². The van der Waals surface area contributed by atoms with Crippen molar-refractivity contribution in [3.8, 4) is 0 Å². The first-order valence-electron chi connectivity index (χ1n) is 6.36. The van der Waals surface area contributed by atoms with Crippen molar-refractivity contribution >= 4 is 56.3 Å². The first-order chi connectivity index (χ1) is 9.95. The zero-order valence-electron chi connectivity index (χ0n) is 11.4. The topological polar surface area (TPSA) is 20.3 Å². The Bertz CT molecular complexity index is 644. The Labute approximate surface area is 146 Å². The summed E-state index contributed by atoms with van der Waals surface area (Å²) in [5.74, 6) is 0.0589. The number of ketones is 1. The summed E-state index contributed by atoms with van der Waals surface area (Å²) in [5.41, 5.74) is 0.576. The quantitative estimate of drug-likeness (QED) is 0.588. The second-order valence-corrected chi connectivity index (χ2v) is 7.86. The van der Waals surface area contributed by atoms with Crippen molar-refractivity contribution < 1.29 is 4.79 Å². The van der Waals surface area contributed by atoms with Crippen molar-refractivity contribution in [2.45, 2.75) is 13.0 Å². The SMILES string of the molecule is CN(CCC(=O)c1ccc(Br)cc1Cl)Cc1ccc(Cl)s1. The van der Waals surface area contributed by atoms with E-state index in [-0.39, 0.29) is 5.78 Å². The van der Waals surface area contributed by atoms with Gasteiger partial charge >= 0.3 is 0 Å². The molecule has 2 aromatic rings. The first-order valence-corrected chi connectivity index (χ1v) is 8.73. The van der Waals surface area contributed by atoms with Crippen LogP contribution in [0.4, 0.5) is 0 Å². The van der Waals surface area contributed by atoms with Crippen LogP contribution in [0.2, 0.25) is 9.36 Å². The third-order valence-corrected chi connectivity index (χ3v) is 5.03. The highest BCUT2D eigenvalue weighted by atomic mass is 79.9. The average Bonchev–Trinajstić information content (AvgIpc) is 2.81. The number of thiophene rings is 1. The van der Waals surface area contributed by atoms with Gasteiger partial charge in [-0.05, 0) is 37.4 Å². The monoisotopic (exact) mass is 405 g/mol. The van der Waals surface area contributed by atoms with Gasteiger partial charge in [0.2, 0.25) is 0 Å². The largest absolute Gasteiger partial charge is 0.301 e. The number of benzene rings is 1. The highest BCUT2D eigenvalue weighted by Gasteiger charge is 2.12. The highest BCUT2D eigenvalue weighted by Crippen LogP contribution is 2.24. The zero-order valence-corrected chi connectivity index (χ0v) is 15.3. The van der Waals surface area contributed by atoms with E-state index in [4.69, 9.17) is 23.2 Å². The van der Waals surface area contributed by atoms with Gasteiger partial charge in [0.05, 0.1) is 9.36 Å². The Balaban J connectivity index is 1.88. The molecule has 0 N–H and O–H groups in total. The van der Waals surface area contributed by atoms with Crippen molar-refractivity contribution in [2.24, 2.45) is 0 Å². The van der Waals surface area contributed by atoms with E-state index in [1.807, 2.05) is 25.2 Å². The van der Waals surface area contributed by atoms with Gasteiger partial charge in [0.25, 0.3) is 0 Å². The van der Waals surface area contributed by atoms with Crippen molar-refractivity contribution in [1.82, 2.24) is 4.90 Å². The molecule has 0 aliphatic carbocycles. The average molecular weight is 407 g/mol. The molecule has 0 bridgehead atoms. The summed E-state index contributed by atoms with van der Waals surface area (Å²) in [4.78, 5) is 15.5. The number of hydrogen-bond donors (Lipinski definition) is 0. The molecule has 0 atom stereocenters. The van der Waals surface area contributed by atoms with E-state index in [1.165, 1.54) is 4.88 Å². The fourth-order valence-electron chi connectivity index (χ4n) is 1.92. The Morgan fingerprint density at radius 3 is 2.67 bits per heavy atom. The second-order valence-electron chi connectivity index (χ2n) is 4.74. The first kappa shape index (κ1) is 17.0. The fourth-order valence-corrected chi connectivity index (χ4v) is 3.87. The van der Waals surface area contributed by atoms with Crippen LogP contribution in [0.5, 0.6) is 0 Å². The minimum atomic E-state index is 0.0589. The van der Waals surface area contributed by atoms with Gasteiger partial charge < -0.3 is 4.90 Å². The molecular weight excluding hydrogens is 393 g/mol. The van der Waals surface area contributed by atoms with Crippen LogP contribution < -0.4 is 0 Å². The molecule has 0 aliphatic heterocycles. The summed E-state index contributed by atoms with van der Waals surface area (Å²) >= 11 is 16.9. The van der Waals surface area contributed by atoms with Crippen LogP contribution in [-0.2, 0) is 6.54 Å². The number of hydrogen-bond acceptors (Lipinski definition) is 3. The van der Waals surface area contributed by atoms with Crippen LogP contribution in [0.1, 0.15) is 21.7 Å². The standard InChI is InChI=1S/C15H14BrCl2NOS/c1-19(9-11-3-5-15(18)21-11)7-6-14(20)12-4-2-10(16)8-13(12)17/h2-5,8H,6-7,9H2,1H3. The van der Waals surface area contributed by atoms with Crippen molar-refractivity contribution in [2.75, 3.05) is 13.6 Å². The molecule has 0 aliphatic rings. The van der Waals surface area contributed by atoms with Gasteiger partial charge in [0, 0.05) is 34.4 Å². The van der Waals surface area contributed by atoms with Crippen molar-refractivity contribution in [1.29, 1.82) is 0 Å². The molecule has 0 spiro atoms. The summed E-state index contributed by atoms with van der Waals surface area (Å²) in [5, 5.41) is 0.488. The Hall–Kier alpha value is -0.390. The summed E-state index contributed by atoms with van der Waals surface area (Å²) < 4.78 is 1.66. The Morgan fingerprint density at radius 1 is 1.29 bits per heavy atom. The lowest BCUT2D eigenvalue weighted by molar-refractivity contribution is 0.0968. The number of carbonyl (C=O) groups excluding carboxylic acids is 1. The molecule has 6 heteroatoms. The van der Waals surface area contributed by atoms with E-state index in [1.54, 1.807) is 23.5 Å². The fraction of sp³-hybridized carbons (Fsp3) is 0.267. The van der Waals surface area contributed by atoms with Crippen molar-refractivity contribution in [3.05, 3.63) is 54.6 Å². The smallest absolute Gasteiger partial charge is 0.165 e. The van der Waals surface area contributed by atoms with Gasteiger partial charge in [-0.3, -0.25) is 4.79 Å². The molecule has 0 unspecified atom stereocenters. The Morgan fingerprint density at radius 2 is 2.05 bits per heavy atom. The van der Waals surface area contributed by atoms with E-state index in [0.29, 0.717) is 23.6 Å².